The third-order valence-corrected chi connectivity index (χ3v) is 6.35. The van der Waals surface area contributed by atoms with Crippen molar-refractivity contribution in [1.29, 1.82) is 0 Å². The lowest BCUT2D eigenvalue weighted by atomic mass is 10.2. The lowest BCUT2D eigenvalue weighted by molar-refractivity contribution is 0.103. The van der Waals surface area contributed by atoms with Gasteiger partial charge in [0.1, 0.15) is 0 Å². The van der Waals surface area contributed by atoms with Crippen molar-refractivity contribution in [3.63, 3.8) is 0 Å². The molecule has 0 aliphatic carbocycles. The highest BCUT2D eigenvalue weighted by Gasteiger charge is 2.21. The van der Waals surface area contributed by atoms with Gasteiger partial charge in [-0.3, -0.25) is 9.78 Å². The Morgan fingerprint density at radius 2 is 2.06 bits per heavy atom. The maximum atomic E-state index is 12.9. The van der Waals surface area contributed by atoms with E-state index >= 15 is 0 Å². The molecule has 1 saturated heterocycles. The Bertz CT molecular complexity index is 1330. The fourth-order valence-corrected chi connectivity index (χ4v) is 4.62. The van der Waals surface area contributed by atoms with E-state index in [1.807, 2.05) is 31.2 Å². The van der Waals surface area contributed by atoms with Gasteiger partial charge in [-0.25, -0.2) is 10.4 Å². The van der Waals surface area contributed by atoms with Gasteiger partial charge in [-0.15, -0.1) is 11.3 Å². The van der Waals surface area contributed by atoms with Gasteiger partial charge in [0.25, 0.3) is 5.91 Å². The van der Waals surface area contributed by atoms with E-state index in [0.717, 1.165) is 21.6 Å². The number of carbonyl (C=O) groups excluding carboxylic acids is 1. The third-order valence-electron chi connectivity index (χ3n) is 5.23. The minimum atomic E-state index is -0.212. The number of aryl methyl sites for hydroxylation is 1. The molecule has 0 radical (unpaired) electrons. The molecule has 0 unspecified atom stereocenters. The molecule has 172 valence electrons. The number of carbonyl (C=O) groups is 1. The van der Waals surface area contributed by atoms with E-state index in [-0.39, 0.29) is 5.91 Å². The monoisotopic (exact) mass is 473 g/mol. The number of benzene rings is 1. The van der Waals surface area contributed by atoms with Gasteiger partial charge in [-0.2, -0.15) is 10.1 Å². The number of amides is 1. The van der Waals surface area contributed by atoms with E-state index in [4.69, 9.17) is 9.72 Å². The lowest BCUT2D eigenvalue weighted by Crippen LogP contribution is -2.36. The molecule has 9 nitrogen and oxygen atoms in total. The van der Waals surface area contributed by atoms with Crippen LogP contribution in [-0.2, 0) is 4.74 Å². The molecular weight excluding hydrogens is 450 g/mol. The maximum Gasteiger partial charge on any atom is 0.265 e. The molecule has 1 fully saturated rings. The molecule has 0 atom stereocenters. The second kappa shape index (κ2) is 9.94. The minimum Gasteiger partial charge on any atom is -0.378 e. The van der Waals surface area contributed by atoms with E-state index in [2.05, 4.69) is 30.7 Å². The van der Waals surface area contributed by atoms with Crippen LogP contribution in [0.25, 0.3) is 10.2 Å². The zero-order chi connectivity index (χ0) is 23.3. The predicted octanol–water partition coefficient (Wildman–Crippen LogP) is 3.93. The smallest absolute Gasteiger partial charge is 0.265 e. The summed E-state index contributed by atoms with van der Waals surface area (Å²) in [6.45, 7) is 4.72. The Labute approximate surface area is 200 Å². The van der Waals surface area contributed by atoms with E-state index in [0.29, 0.717) is 48.3 Å². The molecule has 4 aromatic rings. The number of hydrogen-bond donors (Lipinski definition) is 2. The third kappa shape index (κ3) is 5.03. The molecule has 0 bridgehead atoms. The number of aromatic nitrogens is 3. The Morgan fingerprint density at radius 3 is 2.85 bits per heavy atom. The Hall–Kier alpha value is -3.89. The van der Waals surface area contributed by atoms with Crippen LogP contribution in [0.1, 0.15) is 20.8 Å². The van der Waals surface area contributed by atoms with Crippen molar-refractivity contribution in [1.82, 2.24) is 15.0 Å². The lowest BCUT2D eigenvalue weighted by Gasteiger charge is -2.28. The highest BCUT2D eigenvalue weighted by Crippen LogP contribution is 2.33. The fraction of sp³-hybridized carbons (Fsp3) is 0.208. The number of nitrogens with one attached hydrogen (secondary N) is 2. The second-order valence-corrected chi connectivity index (χ2v) is 8.83. The summed E-state index contributed by atoms with van der Waals surface area (Å²) in [6.07, 6.45) is 5.00. The predicted molar refractivity (Wildman–Crippen MR) is 135 cm³/mol. The Kier molecular flexibility index (Phi) is 6.41. The number of hydrazone groups is 1. The van der Waals surface area contributed by atoms with Gasteiger partial charge in [-0.1, -0.05) is 29.8 Å². The molecule has 4 heterocycles. The zero-order valence-corrected chi connectivity index (χ0v) is 19.4. The summed E-state index contributed by atoms with van der Waals surface area (Å²) >= 11 is 1.37. The molecule has 10 heteroatoms. The quantitative estimate of drug-likeness (QED) is 0.323. The molecule has 2 N–H and O–H groups in total. The second-order valence-electron chi connectivity index (χ2n) is 7.78. The van der Waals surface area contributed by atoms with Crippen molar-refractivity contribution in [3.05, 3.63) is 70.9 Å². The number of rotatable bonds is 6. The average molecular weight is 474 g/mol. The van der Waals surface area contributed by atoms with Gasteiger partial charge in [0.15, 0.2) is 5.82 Å². The molecule has 5 rings (SSSR count). The van der Waals surface area contributed by atoms with E-state index in [1.54, 1.807) is 36.8 Å². The van der Waals surface area contributed by atoms with E-state index in [1.165, 1.54) is 11.3 Å². The van der Waals surface area contributed by atoms with Crippen molar-refractivity contribution in [2.75, 3.05) is 41.9 Å². The van der Waals surface area contributed by atoms with Gasteiger partial charge < -0.3 is 15.0 Å². The molecular formula is C24H23N7O2S. The molecule has 1 aromatic carbocycles. The SMILES string of the molecule is Cc1cccc(/C=N/Nc2nc(N3CCOCC3)c3sc(C(=O)Nc4cccnc4)cc3n2)c1. The van der Waals surface area contributed by atoms with Crippen LogP contribution in [0, 0.1) is 6.92 Å². The van der Waals surface area contributed by atoms with Crippen molar-refractivity contribution in [2.24, 2.45) is 5.10 Å². The van der Waals surface area contributed by atoms with Crippen LogP contribution in [0.5, 0.6) is 0 Å². The summed E-state index contributed by atoms with van der Waals surface area (Å²) in [5, 5.41) is 7.20. The van der Waals surface area contributed by atoms with Gasteiger partial charge in [0.05, 0.1) is 46.4 Å². The van der Waals surface area contributed by atoms with Crippen LogP contribution in [-0.4, -0.2) is 53.4 Å². The Balaban J connectivity index is 1.45. The fourth-order valence-electron chi connectivity index (χ4n) is 3.61. The van der Waals surface area contributed by atoms with Gasteiger partial charge in [-0.05, 0) is 30.7 Å². The molecule has 1 aliphatic heterocycles. The first-order chi connectivity index (χ1) is 16.7. The van der Waals surface area contributed by atoms with Gasteiger partial charge >= 0.3 is 0 Å². The number of fused-ring (bicyclic) bond motifs is 1. The van der Waals surface area contributed by atoms with Crippen molar-refractivity contribution in [3.8, 4) is 0 Å². The van der Waals surface area contributed by atoms with Crippen molar-refractivity contribution < 1.29 is 9.53 Å². The number of nitrogens with zero attached hydrogens (tertiary/aromatic N) is 5. The molecule has 0 saturated carbocycles. The molecule has 3 aromatic heterocycles. The van der Waals surface area contributed by atoms with Crippen LogP contribution >= 0.6 is 11.3 Å². The minimum absolute atomic E-state index is 0.212. The Morgan fingerprint density at radius 1 is 1.18 bits per heavy atom. The summed E-state index contributed by atoms with van der Waals surface area (Å²) < 4.78 is 6.36. The van der Waals surface area contributed by atoms with Crippen molar-refractivity contribution >= 4 is 51.1 Å². The van der Waals surface area contributed by atoms with E-state index < -0.39 is 0 Å². The molecule has 1 amide bonds. The maximum absolute atomic E-state index is 12.9. The van der Waals surface area contributed by atoms with Crippen molar-refractivity contribution in [2.45, 2.75) is 6.92 Å². The highest BCUT2D eigenvalue weighted by molar-refractivity contribution is 7.21. The average Bonchev–Trinajstić information content (AvgIpc) is 3.29. The number of ether oxygens (including phenoxy) is 1. The van der Waals surface area contributed by atoms with Crippen LogP contribution in [0.2, 0.25) is 0 Å². The van der Waals surface area contributed by atoms with Gasteiger partial charge in [0, 0.05) is 19.3 Å². The van der Waals surface area contributed by atoms with Crippen LogP contribution in [0.3, 0.4) is 0 Å². The first kappa shape index (κ1) is 21.9. The first-order valence-electron chi connectivity index (χ1n) is 10.9. The summed E-state index contributed by atoms with van der Waals surface area (Å²) in [5.41, 5.74) is 6.41. The topological polar surface area (TPSA) is 105 Å². The number of hydrogen-bond acceptors (Lipinski definition) is 9. The van der Waals surface area contributed by atoms with Gasteiger partial charge in [0.2, 0.25) is 5.95 Å². The summed E-state index contributed by atoms with van der Waals surface area (Å²) in [5.74, 6) is 0.929. The van der Waals surface area contributed by atoms with Crippen LogP contribution < -0.4 is 15.6 Å². The zero-order valence-electron chi connectivity index (χ0n) is 18.6. The summed E-state index contributed by atoms with van der Waals surface area (Å²) in [6, 6.07) is 13.4. The highest BCUT2D eigenvalue weighted by atomic mass is 32.1. The van der Waals surface area contributed by atoms with Crippen LogP contribution in [0.15, 0.2) is 60.0 Å². The summed E-state index contributed by atoms with van der Waals surface area (Å²) in [7, 11) is 0. The number of morpholine rings is 1. The van der Waals surface area contributed by atoms with E-state index in [9.17, 15) is 4.79 Å². The summed E-state index contributed by atoms with van der Waals surface area (Å²) in [4.78, 5) is 29.0. The number of anilines is 3. The number of pyridine rings is 1. The van der Waals surface area contributed by atoms with Crippen LogP contribution in [0.4, 0.5) is 17.5 Å². The number of thiophene rings is 1. The largest absolute Gasteiger partial charge is 0.378 e. The standard InChI is InChI=1S/C24H23N7O2S/c1-16-4-2-5-17(12-16)14-26-30-24-28-19-13-20(23(32)27-18-6-3-7-25-15-18)34-21(19)22(29-24)31-8-10-33-11-9-31/h2-7,12-15H,8-11H2,1H3,(H,27,32)(H,28,29,30)/b26-14+. The molecule has 34 heavy (non-hydrogen) atoms. The molecule has 1 aliphatic rings. The molecule has 0 spiro atoms. The normalized spacial score (nSPS) is 14.0. The first-order valence-corrected chi connectivity index (χ1v) is 11.7.